The van der Waals surface area contributed by atoms with E-state index in [-0.39, 0.29) is 12.5 Å². The van der Waals surface area contributed by atoms with E-state index in [9.17, 15) is 0 Å². The molecular weight excluding hydrogens is 440 g/mol. The highest BCUT2D eigenvalue weighted by molar-refractivity contribution is 5.98. The fourth-order valence-electron chi connectivity index (χ4n) is 3.93. The van der Waals surface area contributed by atoms with Crippen molar-refractivity contribution in [2.75, 3.05) is 27.1 Å². The summed E-state index contributed by atoms with van der Waals surface area (Å²) in [6.45, 7) is 23.1. The summed E-state index contributed by atoms with van der Waals surface area (Å²) >= 11 is 0. The number of hydrogen-bond acceptors (Lipinski definition) is 4. The van der Waals surface area contributed by atoms with E-state index in [2.05, 4.69) is 23.5 Å². The molecule has 35 heavy (non-hydrogen) atoms. The van der Waals surface area contributed by atoms with Crippen LogP contribution in [0.15, 0.2) is 24.3 Å². The second-order valence-corrected chi connectivity index (χ2v) is 8.44. The van der Waals surface area contributed by atoms with Crippen LogP contribution in [0, 0.1) is 20.1 Å². The first-order valence-corrected chi connectivity index (χ1v) is 12.6. The van der Waals surface area contributed by atoms with Crippen LogP contribution in [0.1, 0.15) is 70.8 Å². The number of unbranched alkanes of at least 4 members (excludes halogenated alkanes) is 6. The van der Waals surface area contributed by atoms with Crippen molar-refractivity contribution in [2.45, 2.75) is 72.1 Å². The van der Waals surface area contributed by atoms with Crippen molar-refractivity contribution in [3.8, 4) is 28.4 Å². The molecule has 0 fully saturated rings. The van der Waals surface area contributed by atoms with E-state index in [0.29, 0.717) is 52.8 Å². The van der Waals surface area contributed by atoms with Crippen LogP contribution >= 0.6 is 0 Å². The lowest BCUT2D eigenvalue weighted by Gasteiger charge is -2.23. The Hall–Kier alpha value is -3.22. The number of methoxy groups -OCH3 is 1. The van der Waals surface area contributed by atoms with Crippen molar-refractivity contribution >= 4 is 11.4 Å². The van der Waals surface area contributed by atoms with Gasteiger partial charge < -0.3 is 18.9 Å². The average molecular weight is 479 g/mol. The highest BCUT2D eigenvalue weighted by Gasteiger charge is 2.27. The number of hydrogen-bond donors (Lipinski definition) is 0. The Morgan fingerprint density at radius 3 is 1.91 bits per heavy atom. The Bertz CT molecular complexity index is 1020. The predicted molar refractivity (Wildman–Crippen MR) is 141 cm³/mol. The molecule has 6 heteroatoms. The zero-order valence-corrected chi connectivity index (χ0v) is 21.6. The summed E-state index contributed by atoms with van der Waals surface area (Å²) in [5.41, 5.74) is 2.41. The zero-order chi connectivity index (χ0) is 25.5. The molecule has 188 valence electrons. The van der Waals surface area contributed by atoms with Gasteiger partial charge in [0.15, 0.2) is 18.3 Å². The molecule has 0 aromatic heterocycles. The Labute approximate surface area is 210 Å². The van der Waals surface area contributed by atoms with E-state index in [1.54, 1.807) is 7.11 Å². The molecule has 6 nitrogen and oxygen atoms in total. The molecule has 0 saturated carbocycles. The van der Waals surface area contributed by atoms with Crippen LogP contribution < -0.4 is 14.2 Å². The van der Waals surface area contributed by atoms with E-state index in [4.69, 9.17) is 32.1 Å². The molecule has 0 amide bonds. The summed E-state index contributed by atoms with van der Waals surface area (Å²) in [7, 11) is 1.56. The lowest BCUT2D eigenvalue weighted by Crippen LogP contribution is -2.07. The quantitative estimate of drug-likeness (QED) is 0.138. The van der Waals surface area contributed by atoms with Gasteiger partial charge in [0.2, 0.25) is 11.4 Å². The van der Waals surface area contributed by atoms with Crippen LogP contribution in [0.4, 0.5) is 11.4 Å². The second kappa shape index (κ2) is 15.6. The highest BCUT2D eigenvalue weighted by Crippen LogP contribution is 2.55. The Morgan fingerprint density at radius 1 is 0.743 bits per heavy atom. The molecule has 0 N–H and O–H groups in total. The molecule has 0 aliphatic carbocycles. The number of ether oxygens (including phenoxy) is 4. The van der Waals surface area contributed by atoms with Crippen molar-refractivity contribution in [1.29, 1.82) is 0 Å². The van der Waals surface area contributed by atoms with E-state index in [0.717, 1.165) is 51.4 Å². The fourth-order valence-corrected chi connectivity index (χ4v) is 3.93. The summed E-state index contributed by atoms with van der Waals surface area (Å²) in [5, 5.41) is 0. The Kier molecular flexibility index (Phi) is 12.5. The molecule has 0 unspecified atom stereocenters. The molecule has 0 spiro atoms. The van der Waals surface area contributed by atoms with Gasteiger partial charge in [0.05, 0.1) is 26.4 Å². The first-order chi connectivity index (χ1) is 17.1. The van der Waals surface area contributed by atoms with Crippen molar-refractivity contribution in [2.24, 2.45) is 0 Å². The normalized spacial score (nSPS) is 10.5. The third kappa shape index (κ3) is 7.64. The van der Waals surface area contributed by atoms with Crippen LogP contribution in [0.25, 0.3) is 20.8 Å². The van der Waals surface area contributed by atoms with Gasteiger partial charge in [-0.3, -0.25) is 0 Å². The fraction of sp³-hybridized carbons (Fsp3) is 0.517. The molecule has 0 aliphatic heterocycles. The topological polar surface area (TPSA) is 45.6 Å². The molecule has 0 aliphatic rings. The molecule has 0 atom stereocenters. The maximum atomic E-state index is 7.95. The first-order valence-electron chi connectivity index (χ1n) is 12.6. The van der Waals surface area contributed by atoms with Gasteiger partial charge in [-0.25, -0.2) is 9.69 Å². The SMILES string of the molecule is [C-]#[N+]c1c(C)c(OCCCCCC)c(OCCCCCC)c(-c2ccccc2OCOC)c1[N+]#[C-]. The van der Waals surface area contributed by atoms with Gasteiger partial charge in [-0.05, 0) is 31.4 Å². The van der Waals surface area contributed by atoms with Gasteiger partial charge >= 0.3 is 0 Å². The molecule has 0 heterocycles. The minimum Gasteiger partial charge on any atom is -0.491 e. The maximum absolute atomic E-state index is 7.95. The summed E-state index contributed by atoms with van der Waals surface area (Å²) in [6.07, 6.45) is 8.57. The average Bonchev–Trinajstić information content (AvgIpc) is 2.88. The largest absolute Gasteiger partial charge is 0.491 e. The summed E-state index contributed by atoms with van der Waals surface area (Å²) in [4.78, 5) is 7.53. The molecule has 0 saturated heterocycles. The predicted octanol–water partition coefficient (Wildman–Crippen LogP) is 8.66. The van der Waals surface area contributed by atoms with Crippen molar-refractivity contribution < 1.29 is 18.9 Å². The number of para-hydroxylation sites is 1. The van der Waals surface area contributed by atoms with E-state index in [1.807, 2.05) is 31.2 Å². The van der Waals surface area contributed by atoms with E-state index in [1.165, 1.54) is 0 Å². The summed E-state index contributed by atoms with van der Waals surface area (Å²) in [6, 6.07) is 7.46. The van der Waals surface area contributed by atoms with Gasteiger partial charge in [-0.1, -0.05) is 70.6 Å². The number of rotatable bonds is 16. The minimum absolute atomic E-state index is 0.0693. The number of benzene rings is 2. The smallest absolute Gasteiger partial charge is 0.206 e. The lowest BCUT2D eigenvalue weighted by atomic mass is 9.96. The van der Waals surface area contributed by atoms with E-state index >= 15 is 0 Å². The molecular formula is C29H38N2O4. The van der Waals surface area contributed by atoms with Crippen LogP contribution in [-0.4, -0.2) is 27.1 Å². The number of nitrogens with zero attached hydrogens (tertiary/aromatic N) is 2. The summed E-state index contributed by atoms with van der Waals surface area (Å²) < 4.78 is 23.6. The van der Waals surface area contributed by atoms with Crippen LogP contribution in [0.2, 0.25) is 0 Å². The second-order valence-electron chi connectivity index (χ2n) is 8.44. The van der Waals surface area contributed by atoms with E-state index < -0.39 is 0 Å². The van der Waals surface area contributed by atoms with Crippen LogP contribution in [0.3, 0.4) is 0 Å². The van der Waals surface area contributed by atoms with Gasteiger partial charge in [-0.2, -0.15) is 0 Å². The third-order valence-electron chi connectivity index (χ3n) is 5.79. The van der Waals surface area contributed by atoms with Crippen LogP contribution in [0.5, 0.6) is 17.2 Å². The lowest BCUT2D eigenvalue weighted by molar-refractivity contribution is 0.0515. The Balaban J connectivity index is 2.65. The highest BCUT2D eigenvalue weighted by atomic mass is 16.7. The summed E-state index contributed by atoms with van der Waals surface area (Å²) in [5.74, 6) is 1.62. The van der Waals surface area contributed by atoms with Crippen molar-refractivity contribution in [3.05, 3.63) is 52.7 Å². The van der Waals surface area contributed by atoms with Crippen LogP contribution in [-0.2, 0) is 4.74 Å². The molecule has 0 bridgehead atoms. The van der Waals surface area contributed by atoms with Gasteiger partial charge in [0, 0.05) is 18.2 Å². The Morgan fingerprint density at radius 2 is 1.34 bits per heavy atom. The maximum Gasteiger partial charge on any atom is 0.206 e. The first kappa shape index (κ1) is 28.0. The van der Waals surface area contributed by atoms with Crippen molar-refractivity contribution in [3.63, 3.8) is 0 Å². The molecule has 0 radical (unpaired) electrons. The zero-order valence-electron chi connectivity index (χ0n) is 21.6. The third-order valence-corrected chi connectivity index (χ3v) is 5.79. The molecule has 2 aromatic carbocycles. The molecule has 2 rings (SSSR count). The monoisotopic (exact) mass is 478 g/mol. The van der Waals surface area contributed by atoms with Crippen molar-refractivity contribution in [1.82, 2.24) is 0 Å². The van der Waals surface area contributed by atoms with Gasteiger partial charge in [0.1, 0.15) is 5.75 Å². The molecule has 2 aromatic rings. The van der Waals surface area contributed by atoms with Gasteiger partial charge in [0.25, 0.3) is 0 Å². The van der Waals surface area contributed by atoms with Gasteiger partial charge in [-0.15, -0.1) is 0 Å². The minimum atomic E-state index is 0.0693. The standard InChI is InChI=1S/C29H38N2O4/c1-7-9-11-15-19-33-28-22(3)26(30-4)27(31-5)25(29(28)34-20-16-12-10-8-2)23-17-13-14-18-24(23)35-21-32-6/h13-14,17-18H,7-12,15-16,19-21H2,1-3,6H3.